The smallest absolute Gasteiger partial charge is 0.339 e. The lowest BCUT2D eigenvalue weighted by Gasteiger charge is -2.07. The average Bonchev–Trinajstić information content (AvgIpc) is 2.38. The Balaban J connectivity index is 2.79. The lowest BCUT2D eigenvalue weighted by atomic mass is 10.1. The topological polar surface area (TPSA) is 95.7 Å². The van der Waals surface area contributed by atoms with Crippen LogP contribution in [0, 0.1) is 10.1 Å². The van der Waals surface area contributed by atoms with Crippen LogP contribution >= 0.6 is 0 Å². The van der Waals surface area contributed by atoms with E-state index in [2.05, 4.69) is 0 Å². The fourth-order valence-electron chi connectivity index (χ4n) is 1.34. The molecule has 0 atom stereocenters. The van der Waals surface area contributed by atoms with Crippen molar-refractivity contribution in [1.82, 2.24) is 0 Å². The molecular weight excluding hydrogens is 254 g/mol. The minimum absolute atomic E-state index is 0.0318. The Kier molecular flexibility index (Phi) is 5.46. The monoisotopic (exact) mass is 267 g/mol. The second-order valence-electron chi connectivity index (χ2n) is 3.46. The van der Waals surface area contributed by atoms with Gasteiger partial charge in [0.2, 0.25) is 6.54 Å². The van der Waals surface area contributed by atoms with Crippen LogP contribution in [0.3, 0.4) is 0 Å². The molecule has 0 aromatic heterocycles. The molecule has 0 aliphatic rings. The lowest BCUT2D eigenvalue weighted by molar-refractivity contribution is -0.482. The van der Waals surface area contributed by atoms with Crippen molar-refractivity contribution in [2.75, 3.05) is 19.8 Å². The molecule has 19 heavy (non-hydrogen) atoms. The van der Waals surface area contributed by atoms with Gasteiger partial charge in [0, 0.05) is 4.92 Å². The van der Waals surface area contributed by atoms with Gasteiger partial charge in [0.15, 0.2) is 6.61 Å². The fraction of sp³-hybridized carbons (Fsp3) is 0.333. The Morgan fingerprint density at radius 2 is 1.68 bits per heavy atom. The second kappa shape index (κ2) is 7.10. The van der Waals surface area contributed by atoms with Crippen molar-refractivity contribution < 1.29 is 24.0 Å². The number of carbonyl (C=O) groups excluding carboxylic acids is 2. The maximum Gasteiger partial charge on any atom is 0.339 e. The molecule has 0 spiro atoms. The molecule has 0 amide bonds. The number of ether oxygens (including phenoxy) is 2. The highest BCUT2D eigenvalue weighted by molar-refractivity contribution is 6.03. The fourth-order valence-corrected chi connectivity index (χ4v) is 1.34. The van der Waals surface area contributed by atoms with Crippen molar-refractivity contribution in [1.29, 1.82) is 0 Å². The van der Waals surface area contributed by atoms with E-state index in [9.17, 15) is 19.7 Å². The second-order valence-corrected chi connectivity index (χ2v) is 3.46. The van der Waals surface area contributed by atoms with Gasteiger partial charge in [0.1, 0.15) is 0 Å². The van der Waals surface area contributed by atoms with Crippen LogP contribution in [0.25, 0.3) is 0 Å². The van der Waals surface area contributed by atoms with Crippen molar-refractivity contribution in [2.45, 2.75) is 6.92 Å². The van der Waals surface area contributed by atoms with Gasteiger partial charge in [0.05, 0.1) is 17.7 Å². The highest BCUT2D eigenvalue weighted by atomic mass is 16.6. The van der Waals surface area contributed by atoms with Gasteiger partial charge in [-0.2, -0.15) is 0 Å². The van der Waals surface area contributed by atoms with Crippen molar-refractivity contribution >= 4 is 11.9 Å². The van der Waals surface area contributed by atoms with E-state index in [0.717, 1.165) is 0 Å². The molecule has 7 heteroatoms. The van der Waals surface area contributed by atoms with E-state index in [4.69, 9.17) is 9.47 Å². The first-order valence-corrected chi connectivity index (χ1v) is 5.61. The molecule has 0 aliphatic heterocycles. The zero-order valence-electron chi connectivity index (χ0n) is 10.3. The van der Waals surface area contributed by atoms with Crippen LogP contribution in [0.15, 0.2) is 24.3 Å². The summed E-state index contributed by atoms with van der Waals surface area (Å²) in [5, 5.41) is 10.1. The highest BCUT2D eigenvalue weighted by Gasteiger charge is 2.18. The normalized spacial score (nSPS) is 9.74. The molecule has 0 N–H and O–H groups in total. The van der Waals surface area contributed by atoms with E-state index in [-0.39, 0.29) is 24.3 Å². The zero-order valence-corrected chi connectivity index (χ0v) is 10.3. The molecule has 0 unspecified atom stereocenters. The number of hydrogen-bond donors (Lipinski definition) is 0. The third-order valence-corrected chi connectivity index (χ3v) is 2.15. The van der Waals surface area contributed by atoms with E-state index < -0.39 is 23.4 Å². The van der Waals surface area contributed by atoms with Gasteiger partial charge in [-0.05, 0) is 19.1 Å². The molecule has 1 rings (SSSR count). The average molecular weight is 267 g/mol. The molecule has 0 saturated carbocycles. The Morgan fingerprint density at radius 3 is 2.16 bits per heavy atom. The predicted octanol–water partition coefficient (Wildman–Crippen LogP) is 1.30. The van der Waals surface area contributed by atoms with Gasteiger partial charge in [-0.25, -0.2) is 9.59 Å². The number of hydrogen-bond acceptors (Lipinski definition) is 6. The summed E-state index contributed by atoms with van der Waals surface area (Å²) in [6, 6.07) is 5.98. The van der Waals surface area contributed by atoms with Crippen molar-refractivity contribution in [3.63, 3.8) is 0 Å². The molecule has 0 radical (unpaired) electrons. The molecule has 1 aromatic rings. The third kappa shape index (κ3) is 4.38. The van der Waals surface area contributed by atoms with E-state index in [1.807, 2.05) is 0 Å². The molecule has 0 heterocycles. The minimum Gasteiger partial charge on any atom is -0.462 e. The number of rotatable bonds is 6. The van der Waals surface area contributed by atoms with Crippen molar-refractivity contribution in [3.8, 4) is 0 Å². The van der Waals surface area contributed by atoms with Crippen LogP contribution in [-0.4, -0.2) is 36.6 Å². The van der Waals surface area contributed by atoms with Gasteiger partial charge in [-0.1, -0.05) is 12.1 Å². The SMILES string of the molecule is CCOC(=O)c1ccccc1C(=O)OCC[N+](=O)[O-]. The first-order chi connectivity index (χ1) is 9.06. The summed E-state index contributed by atoms with van der Waals surface area (Å²) in [7, 11) is 0. The zero-order chi connectivity index (χ0) is 14.3. The van der Waals surface area contributed by atoms with E-state index in [0.29, 0.717) is 0 Å². The van der Waals surface area contributed by atoms with Gasteiger partial charge < -0.3 is 9.47 Å². The number of carbonyl (C=O) groups is 2. The van der Waals surface area contributed by atoms with E-state index >= 15 is 0 Å². The highest BCUT2D eigenvalue weighted by Crippen LogP contribution is 2.11. The molecular formula is C12H13NO6. The molecule has 0 bridgehead atoms. The van der Waals surface area contributed by atoms with Crippen LogP contribution in [0.2, 0.25) is 0 Å². The summed E-state index contributed by atoms with van der Waals surface area (Å²) in [5.41, 5.74) is 0.111. The Labute approximate surface area is 109 Å². The summed E-state index contributed by atoms with van der Waals surface area (Å²) in [4.78, 5) is 32.8. The molecule has 0 fully saturated rings. The van der Waals surface area contributed by atoms with Crippen molar-refractivity contribution in [3.05, 3.63) is 45.5 Å². The van der Waals surface area contributed by atoms with Crippen LogP contribution < -0.4 is 0 Å². The molecule has 0 saturated heterocycles. The van der Waals surface area contributed by atoms with Gasteiger partial charge >= 0.3 is 11.9 Å². The van der Waals surface area contributed by atoms with Crippen LogP contribution in [0.1, 0.15) is 27.6 Å². The van der Waals surface area contributed by atoms with Crippen LogP contribution in [0.5, 0.6) is 0 Å². The summed E-state index contributed by atoms with van der Waals surface area (Å²) < 4.78 is 9.53. The molecule has 7 nitrogen and oxygen atoms in total. The predicted molar refractivity (Wildman–Crippen MR) is 64.5 cm³/mol. The van der Waals surface area contributed by atoms with Gasteiger partial charge in [-0.3, -0.25) is 10.1 Å². The van der Waals surface area contributed by atoms with E-state index in [1.54, 1.807) is 19.1 Å². The number of nitro groups is 1. The standard InChI is InChI=1S/C12H13NO6/c1-2-18-11(14)9-5-3-4-6-10(9)12(15)19-8-7-13(16)17/h3-6H,2,7-8H2,1H3. The lowest BCUT2D eigenvalue weighted by Crippen LogP contribution is -2.17. The van der Waals surface area contributed by atoms with Crippen LogP contribution in [-0.2, 0) is 9.47 Å². The minimum atomic E-state index is -0.787. The third-order valence-electron chi connectivity index (χ3n) is 2.15. The molecule has 0 aliphatic carbocycles. The van der Waals surface area contributed by atoms with Crippen molar-refractivity contribution in [2.24, 2.45) is 0 Å². The summed E-state index contributed by atoms with van der Waals surface area (Å²) in [5.74, 6) is -1.42. The molecule has 1 aromatic carbocycles. The van der Waals surface area contributed by atoms with Gasteiger partial charge in [0.25, 0.3) is 0 Å². The molecule has 102 valence electrons. The summed E-state index contributed by atoms with van der Waals surface area (Å²) in [6.07, 6.45) is 0. The van der Waals surface area contributed by atoms with Gasteiger partial charge in [-0.15, -0.1) is 0 Å². The number of nitrogens with zero attached hydrogens (tertiary/aromatic N) is 1. The maximum absolute atomic E-state index is 11.7. The quantitative estimate of drug-likeness (QED) is 0.438. The first-order valence-electron chi connectivity index (χ1n) is 5.61. The van der Waals surface area contributed by atoms with Crippen LogP contribution in [0.4, 0.5) is 0 Å². The first kappa shape index (κ1) is 14.6. The Bertz CT molecular complexity index is 485. The Morgan fingerprint density at radius 1 is 1.16 bits per heavy atom. The Hall–Kier alpha value is -2.44. The number of benzene rings is 1. The summed E-state index contributed by atoms with van der Waals surface area (Å²) in [6.45, 7) is 1.01. The number of esters is 2. The summed E-state index contributed by atoms with van der Waals surface area (Å²) >= 11 is 0. The largest absolute Gasteiger partial charge is 0.462 e. The van der Waals surface area contributed by atoms with E-state index in [1.165, 1.54) is 12.1 Å². The maximum atomic E-state index is 11.7.